The molecule has 0 fully saturated rings. The van der Waals surface area contributed by atoms with E-state index in [2.05, 4.69) is 40.8 Å². The van der Waals surface area contributed by atoms with E-state index in [1.165, 1.54) is 4.88 Å². The Balaban J connectivity index is 0.000000878. The number of nitrogens with one attached hydrogen (secondary N) is 1. The molecule has 0 amide bonds. The first kappa shape index (κ1) is 22.1. The maximum absolute atomic E-state index is 12.5. The Hall–Kier alpha value is -2.16. The van der Waals surface area contributed by atoms with Crippen molar-refractivity contribution < 1.29 is 9.90 Å². The van der Waals surface area contributed by atoms with Gasteiger partial charge in [0.15, 0.2) is 0 Å². The third-order valence-corrected chi connectivity index (χ3v) is 6.17. The molecule has 3 aromatic rings. The number of fused-ring (bicyclic) bond motifs is 1. The van der Waals surface area contributed by atoms with Gasteiger partial charge in [0, 0.05) is 27.4 Å². The Morgan fingerprint density at radius 2 is 2.04 bits per heavy atom. The monoisotopic (exact) mass is 419 g/mol. The Bertz CT molecular complexity index is 1010. The minimum Gasteiger partial charge on any atom is -0.483 e. The summed E-state index contributed by atoms with van der Waals surface area (Å²) in [5.41, 5.74) is 2.76. The van der Waals surface area contributed by atoms with Crippen LogP contribution in [0.4, 0.5) is 0 Å². The van der Waals surface area contributed by atoms with Gasteiger partial charge in [-0.3, -0.25) is 14.5 Å². The number of thiazole rings is 1. The molecule has 0 aliphatic carbocycles. The third kappa shape index (κ3) is 5.21. The summed E-state index contributed by atoms with van der Waals surface area (Å²) in [6, 6.07) is 8.35. The van der Waals surface area contributed by atoms with E-state index >= 15 is 0 Å². The van der Waals surface area contributed by atoms with E-state index in [0.29, 0.717) is 6.54 Å². The number of benzene rings is 1. The number of aromatic amines is 1. The average molecular weight is 420 g/mol. The number of nitrogens with zero attached hydrogens (tertiary/aromatic N) is 2. The van der Waals surface area contributed by atoms with Gasteiger partial charge < -0.3 is 10.1 Å². The summed E-state index contributed by atoms with van der Waals surface area (Å²) in [7, 11) is 2.04. The average Bonchev–Trinajstić information content (AvgIpc) is 3.00. The summed E-state index contributed by atoms with van der Waals surface area (Å²) in [4.78, 5) is 33.1. The number of carboxylic acid groups (broad SMARTS) is 1. The number of aromatic nitrogens is 2. The van der Waals surface area contributed by atoms with Crippen molar-refractivity contribution in [2.75, 3.05) is 13.3 Å². The summed E-state index contributed by atoms with van der Waals surface area (Å²) in [5.74, 6) is 0. The first-order chi connectivity index (χ1) is 13.3. The molecule has 0 saturated heterocycles. The number of pyridine rings is 1. The zero-order valence-electron chi connectivity index (χ0n) is 16.6. The van der Waals surface area contributed by atoms with Crippen LogP contribution >= 0.6 is 23.1 Å². The van der Waals surface area contributed by atoms with E-state index in [4.69, 9.17) is 9.90 Å². The second-order valence-electron chi connectivity index (χ2n) is 6.45. The predicted octanol–water partition coefficient (Wildman–Crippen LogP) is 4.22. The van der Waals surface area contributed by atoms with Crippen molar-refractivity contribution in [2.24, 2.45) is 0 Å². The van der Waals surface area contributed by atoms with Crippen LogP contribution in [-0.2, 0) is 11.3 Å². The van der Waals surface area contributed by atoms with E-state index in [9.17, 15) is 4.79 Å². The fourth-order valence-corrected chi connectivity index (χ4v) is 4.36. The lowest BCUT2D eigenvalue weighted by atomic mass is 10.1. The molecule has 0 saturated carbocycles. The molecule has 8 heteroatoms. The van der Waals surface area contributed by atoms with Gasteiger partial charge in [-0.2, -0.15) is 0 Å². The minimum atomic E-state index is -0.250. The van der Waals surface area contributed by atoms with E-state index in [-0.39, 0.29) is 18.1 Å². The lowest BCUT2D eigenvalue weighted by molar-refractivity contribution is -0.122. The summed E-state index contributed by atoms with van der Waals surface area (Å²) < 4.78 is 0. The molecule has 1 atom stereocenters. The second kappa shape index (κ2) is 9.86. The molecule has 150 valence electrons. The zero-order valence-corrected chi connectivity index (χ0v) is 18.3. The molecular formula is C20H25N3O3S2. The molecule has 1 unspecified atom stereocenters. The Morgan fingerprint density at radius 3 is 2.61 bits per heavy atom. The molecule has 6 nitrogen and oxygen atoms in total. The molecule has 0 bridgehead atoms. The van der Waals surface area contributed by atoms with Crippen molar-refractivity contribution in [2.45, 2.75) is 38.3 Å². The van der Waals surface area contributed by atoms with Crippen LogP contribution in [0.5, 0.6) is 0 Å². The molecule has 0 aliphatic heterocycles. The van der Waals surface area contributed by atoms with Crippen LogP contribution in [0.3, 0.4) is 0 Å². The molecule has 0 radical (unpaired) electrons. The quantitative estimate of drug-likeness (QED) is 0.476. The van der Waals surface area contributed by atoms with Crippen LogP contribution in [0.1, 0.15) is 34.1 Å². The van der Waals surface area contributed by atoms with Gasteiger partial charge in [0.25, 0.3) is 12.0 Å². The first-order valence-corrected chi connectivity index (χ1v) is 10.8. The van der Waals surface area contributed by atoms with Crippen molar-refractivity contribution >= 4 is 40.5 Å². The summed E-state index contributed by atoms with van der Waals surface area (Å²) in [5, 5.41) is 9.04. The highest BCUT2D eigenvalue weighted by molar-refractivity contribution is 7.98. The van der Waals surface area contributed by atoms with E-state index in [1.807, 2.05) is 32.4 Å². The molecule has 2 heterocycles. The fourth-order valence-electron chi connectivity index (χ4n) is 3.02. The van der Waals surface area contributed by atoms with Crippen LogP contribution in [-0.4, -0.2) is 39.8 Å². The molecule has 2 N–H and O–H groups in total. The largest absolute Gasteiger partial charge is 0.483 e. The van der Waals surface area contributed by atoms with Crippen LogP contribution in [0.25, 0.3) is 10.9 Å². The highest BCUT2D eigenvalue weighted by Crippen LogP contribution is 2.27. The van der Waals surface area contributed by atoms with E-state index < -0.39 is 0 Å². The van der Waals surface area contributed by atoms with Crippen molar-refractivity contribution in [3.8, 4) is 0 Å². The van der Waals surface area contributed by atoms with Gasteiger partial charge in [-0.25, -0.2) is 4.98 Å². The Kier molecular flexibility index (Phi) is 7.79. The van der Waals surface area contributed by atoms with Gasteiger partial charge in [0.2, 0.25) is 0 Å². The number of hydrogen-bond acceptors (Lipinski definition) is 6. The molecule has 28 heavy (non-hydrogen) atoms. The van der Waals surface area contributed by atoms with Crippen molar-refractivity contribution in [3.63, 3.8) is 0 Å². The van der Waals surface area contributed by atoms with Gasteiger partial charge in [-0.15, -0.1) is 23.1 Å². The number of aryl methyl sites for hydroxylation is 2. The standard InChI is InChI=1S/C19H23N3OS2.CH2O2/c1-11(18-12(2)25-13(3)20-18)22(4)10-15-8-14-6-7-16(24-5)9-17(14)21-19(15)23;2-1-3/h6-9,11H,10H2,1-5H3,(H,21,23);1H,(H,2,3). The summed E-state index contributed by atoms with van der Waals surface area (Å²) in [6.45, 7) is 6.62. The van der Waals surface area contributed by atoms with Crippen molar-refractivity contribution in [1.29, 1.82) is 0 Å². The Morgan fingerprint density at radius 1 is 1.36 bits per heavy atom. The molecular weight excluding hydrogens is 394 g/mol. The highest BCUT2D eigenvalue weighted by Gasteiger charge is 2.18. The van der Waals surface area contributed by atoms with Gasteiger partial charge >= 0.3 is 0 Å². The van der Waals surface area contributed by atoms with Gasteiger partial charge in [0.1, 0.15) is 0 Å². The highest BCUT2D eigenvalue weighted by atomic mass is 32.2. The van der Waals surface area contributed by atoms with Crippen LogP contribution < -0.4 is 5.56 Å². The number of hydrogen-bond donors (Lipinski definition) is 2. The molecule has 0 spiro atoms. The van der Waals surface area contributed by atoms with Gasteiger partial charge in [0.05, 0.1) is 16.7 Å². The maximum Gasteiger partial charge on any atom is 0.290 e. The predicted molar refractivity (Wildman–Crippen MR) is 117 cm³/mol. The van der Waals surface area contributed by atoms with Gasteiger partial charge in [-0.05, 0) is 57.7 Å². The molecule has 2 aromatic heterocycles. The van der Waals surface area contributed by atoms with E-state index in [0.717, 1.165) is 32.1 Å². The van der Waals surface area contributed by atoms with Crippen molar-refractivity contribution in [1.82, 2.24) is 14.9 Å². The second-order valence-corrected chi connectivity index (χ2v) is 8.73. The number of rotatable bonds is 5. The van der Waals surface area contributed by atoms with Crippen LogP contribution in [0.15, 0.2) is 34.0 Å². The first-order valence-electron chi connectivity index (χ1n) is 8.72. The smallest absolute Gasteiger partial charge is 0.290 e. The molecule has 0 aliphatic rings. The Labute approximate surface area is 172 Å². The maximum atomic E-state index is 12.5. The molecule has 3 rings (SSSR count). The normalized spacial score (nSPS) is 11.9. The van der Waals surface area contributed by atoms with Crippen LogP contribution in [0, 0.1) is 13.8 Å². The van der Waals surface area contributed by atoms with E-state index in [1.54, 1.807) is 23.1 Å². The summed E-state index contributed by atoms with van der Waals surface area (Å²) in [6.07, 6.45) is 2.03. The lowest BCUT2D eigenvalue weighted by Crippen LogP contribution is -2.26. The summed E-state index contributed by atoms with van der Waals surface area (Å²) >= 11 is 3.40. The topological polar surface area (TPSA) is 86.3 Å². The zero-order chi connectivity index (χ0) is 20.8. The van der Waals surface area contributed by atoms with Crippen LogP contribution in [0.2, 0.25) is 0 Å². The van der Waals surface area contributed by atoms with Crippen molar-refractivity contribution in [3.05, 3.63) is 55.8 Å². The lowest BCUT2D eigenvalue weighted by Gasteiger charge is -2.23. The minimum absolute atomic E-state index is 0.0176. The number of thioether (sulfide) groups is 1. The number of carbonyl (C=O) groups is 1. The molecule has 1 aromatic carbocycles. The number of H-pyrrole nitrogens is 1. The SMILES string of the molecule is CSc1ccc2cc(CN(C)C(C)c3nc(C)sc3C)c(=O)[nH]c2c1.O=CO. The third-order valence-electron chi connectivity index (χ3n) is 4.55. The van der Waals surface area contributed by atoms with Gasteiger partial charge in [-0.1, -0.05) is 6.07 Å². The fraction of sp³-hybridized carbons (Fsp3) is 0.350.